The molecule has 0 radical (unpaired) electrons. The number of hydrogen-bond donors (Lipinski definition) is 2. The van der Waals surface area contributed by atoms with Crippen LogP contribution in [0.1, 0.15) is 75.9 Å². The summed E-state index contributed by atoms with van der Waals surface area (Å²) >= 11 is 0.865. The summed E-state index contributed by atoms with van der Waals surface area (Å²) in [6.45, 7) is 5.34. The van der Waals surface area contributed by atoms with Crippen molar-refractivity contribution in [3.8, 4) is 5.75 Å². The lowest BCUT2D eigenvalue weighted by Crippen LogP contribution is -2.24. The smallest absolute Gasteiger partial charge is 0.252 e. The third-order valence-electron chi connectivity index (χ3n) is 7.03. The fraction of sp³-hybridized carbons (Fsp3) is 0.344. The number of ether oxygens (including phenoxy) is 1. The molecule has 0 fully saturated rings. The molecule has 1 heterocycles. The predicted octanol–water partition coefficient (Wildman–Crippen LogP) is 7.41. The monoisotopic (exact) mass is 604 g/mol. The van der Waals surface area contributed by atoms with Crippen LogP contribution in [0.15, 0.2) is 82.5 Å². The average molecular weight is 605 g/mol. The summed E-state index contributed by atoms with van der Waals surface area (Å²) in [6, 6.07) is 14.5. The molecule has 1 aliphatic rings. The first-order valence-electron chi connectivity index (χ1n) is 14.4. The number of ketones is 1. The Hall–Kier alpha value is -3.90. The van der Waals surface area contributed by atoms with E-state index in [9.17, 15) is 9.59 Å². The van der Waals surface area contributed by atoms with E-state index in [1.807, 2.05) is 36.4 Å². The Balaban J connectivity index is 1.13. The lowest BCUT2D eigenvalue weighted by atomic mass is 9.86. The van der Waals surface area contributed by atoms with E-state index in [1.54, 1.807) is 18.2 Å². The van der Waals surface area contributed by atoms with Gasteiger partial charge in [-0.15, -0.1) is 16.0 Å². The van der Waals surface area contributed by atoms with Gasteiger partial charge in [-0.05, 0) is 73.6 Å². The van der Waals surface area contributed by atoms with Gasteiger partial charge in [0.1, 0.15) is 5.75 Å². The van der Waals surface area contributed by atoms with Crippen LogP contribution in [0.4, 0.5) is 5.82 Å². The Morgan fingerprint density at radius 3 is 2.77 bits per heavy atom. The van der Waals surface area contributed by atoms with E-state index in [2.05, 4.69) is 36.5 Å². The molecule has 1 aliphatic carbocycles. The van der Waals surface area contributed by atoms with Crippen LogP contribution in [-0.4, -0.2) is 35.1 Å². The van der Waals surface area contributed by atoms with E-state index in [4.69, 9.17) is 9.99 Å². The van der Waals surface area contributed by atoms with Crippen molar-refractivity contribution >= 4 is 29.6 Å². The van der Waals surface area contributed by atoms with Crippen LogP contribution in [0.25, 0.3) is 0 Å². The molecule has 43 heavy (non-hydrogen) atoms. The quantitative estimate of drug-likeness (QED) is 0.0407. The molecule has 3 aromatic rings. The summed E-state index contributed by atoms with van der Waals surface area (Å²) in [5.74, 6) is 1.28. The van der Waals surface area contributed by atoms with Crippen molar-refractivity contribution < 1.29 is 29.0 Å². The maximum Gasteiger partial charge on any atom is 0.252 e. The van der Waals surface area contributed by atoms with Gasteiger partial charge in [0, 0.05) is 35.2 Å². The van der Waals surface area contributed by atoms with E-state index in [1.165, 1.54) is 6.20 Å². The van der Waals surface area contributed by atoms with Crippen molar-refractivity contribution in [1.29, 1.82) is 0 Å². The Labute approximate surface area is 255 Å². The molecule has 0 saturated carbocycles. The predicted molar refractivity (Wildman–Crippen MR) is 163 cm³/mol. The number of carbonyl (C=O) groups excluding carboxylic acids is 2. The molecule has 0 bridgehead atoms. The van der Waals surface area contributed by atoms with Gasteiger partial charge in [0.2, 0.25) is 0 Å². The number of pyridine rings is 1. The van der Waals surface area contributed by atoms with E-state index in [0.717, 1.165) is 83.5 Å². The van der Waals surface area contributed by atoms with Crippen molar-refractivity contribution in [2.45, 2.75) is 62.8 Å². The van der Waals surface area contributed by atoms with E-state index >= 15 is 0 Å². The number of allylic oxidation sites excluding steroid dienone is 1. The minimum absolute atomic E-state index is 0.183. The molecule has 0 aliphatic heterocycles. The fourth-order valence-electron chi connectivity index (χ4n) is 4.88. The van der Waals surface area contributed by atoms with Gasteiger partial charge in [0.15, 0.2) is 11.6 Å². The van der Waals surface area contributed by atoms with E-state index in [0.29, 0.717) is 37.4 Å². The first-order valence-corrected chi connectivity index (χ1v) is 15.1. The highest BCUT2D eigenvalue weighted by Gasteiger charge is 2.22. The molecule has 1 aromatic heterocycles. The molecule has 4 rings (SSSR count). The summed E-state index contributed by atoms with van der Waals surface area (Å²) in [7, 11) is 0. The molecule has 11 heteroatoms. The van der Waals surface area contributed by atoms with Crippen LogP contribution < -0.4 is 10.1 Å². The Morgan fingerprint density at radius 2 is 1.95 bits per heavy atom. The lowest BCUT2D eigenvalue weighted by molar-refractivity contribution is -0.432. The van der Waals surface area contributed by atoms with Crippen LogP contribution in [0.2, 0.25) is 0 Å². The summed E-state index contributed by atoms with van der Waals surface area (Å²) in [4.78, 5) is 29.7. The van der Waals surface area contributed by atoms with Crippen LogP contribution in [0.5, 0.6) is 5.75 Å². The highest BCUT2D eigenvalue weighted by molar-refractivity contribution is 7.94. The number of nitrogens with one attached hydrogen (secondary N) is 1. The third-order valence-corrected chi connectivity index (χ3v) is 7.74. The molecule has 226 valence electrons. The zero-order valence-corrected chi connectivity index (χ0v) is 24.8. The van der Waals surface area contributed by atoms with Gasteiger partial charge >= 0.3 is 0 Å². The largest absolute Gasteiger partial charge is 0.493 e. The second-order valence-corrected chi connectivity index (χ2v) is 10.7. The molecule has 0 atom stereocenters. The Kier molecular flexibility index (Phi) is 12.9. The molecule has 2 N–H and O–H groups in total. The second kappa shape index (κ2) is 17.3. The van der Waals surface area contributed by atoms with E-state index in [-0.39, 0.29) is 18.2 Å². The molecule has 2 aromatic carbocycles. The molecular weight excluding hydrogens is 568 g/mol. The van der Waals surface area contributed by atoms with Crippen molar-refractivity contribution in [3.63, 3.8) is 0 Å². The minimum atomic E-state index is -0.183. The summed E-state index contributed by atoms with van der Waals surface area (Å²) in [5.41, 5.74) is 4.35. The first-order chi connectivity index (χ1) is 21.1. The summed E-state index contributed by atoms with van der Waals surface area (Å²) in [6.07, 6.45) is 10.2. The number of rotatable bonds is 17. The summed E-state index contributed by atoms with van der Waals surface area (Å²) in [5, 5.41) is 23.2. The van der Waals surface area contributed by atoms with Crippen molar-refractivity contribution in [1.82, 2.24) is 10.3 Å². The van der Waals surface area contributed by atoms with Gasteiger partial charge < -0.3 is 10.1 Å². The standard InChI is InChI=1S/C32H36N4O6S/c1-2-10-27-25-12-9-13-28(37)26(25)16-17-29(27)40-20-8-4-3-7-19-33-32(38)24-15-18-31(34-21-24)36-35-22-23-11-5-6-14-30(23)43-42-41-39/h2,5-6,11,14-18,21,39H,1,3-4,7-10,12-13,19-20,22H2,(H,33,38). The zero-order chi connectivity index (χ0) is 30.3. The SMILES string of the molecule is C=CCc1c(OCCCCCCNC(=O)c2ccc(N=NCc3ccccc3SOOO)nc2)ccc2c1CCCC2=O. The van der Waals surface area contributed by atoms with Gasteiger partial charge in [-0.2, -0.15) is 5.11 Å². The van der Waals surface area contributed by atoms with Crippen molar-refractivity contribution in [2.24, 2.45) is 10.2 Å². The van der Waals surface area contributed by atoms with Gasteiger partial charge in [-0.3, -0.25) is 9.59 Å². The fourth-order valence-corrected chi connectivity index (χ4v) is 5.36. The van der Waals surface area contributed by atoms with Gasteiger partial charge in [-0.25, -0.2) is 10.2 Å². The summed E-state index contributed by atoms with van der Waals surface area (Å²) < 4.78 is 10.6. The number of Topliss-reactive ketones (excluding diaryl/α,β-unsaturated/α-hetero) is 1. The number of amides is 1. The van der Waals surface area contributed by atoms with Gasteiger partial charge in [-0.1, -0.05) is 42.2 Å². The average Bonchev–Trinajstić information content (AvgIpc) is 3.03. The number of fused-ring (bicyclic) bond motifs is 1. The maximum atomic E-state index is 12.5. The molecule has 0 saturated heterocycles. The number of nitrogens with zero attached hydrogens (tertiary/aromatic N) is 3. The van der Waals surface area contributed by atoms with Crippen LogP contribution >= 0.6 is 12.0 Å². The number of aromatic nitrogens is 1. The first kappa shape index (κ1) is 32.0. The topological polar surface area (TPSA) is 132 Å². The zero-order valence-electron chi connectivity index (χ0n) is 24.0. The number of azo groups is 1. The number of benzene rings is 2. The van der Waals surface area contributed by atoms with Crippen molar-refractivity contribution in [3.05, 3.63) is 95.2 Å². The van der Waals surface area contributed by atoms with Crippen LogP contribution in [0, 0.1) is 0 Å². The minimum Gasteiger partial charge on any atom is -0.493 e. The normalized spacial score (nSPS) is 12.7. The number of unbranched alkanes of at least 4 members (excludes halogenated alkanes) is 3. The Morgan fingerprint density at radius 1 is 1.09 bits per heavy atom. The molecule has 10 nitrogen and oxygen atoms in total. The number of hydrogen-bond acceptors (Lipinski definition) is 10. The second-order valence-electron chi connectivity index (χ2n) is 9.99. The third kappa shape index (κ3) is 9.55. The van der Waals surface area contributed by atoms with Gasteiger partial charge in [0.25, 0.3) is 5.91 Å². The maximum absolute atomic E-state index is 12.5. The molecule has 0 unspecified atom stereocenters. The highest BCUT2D eigenvalue weighted by atomic mass is 32.2. The lowest BCUT2D eigenvalue weighted by Gasteiger charge is -2.21. The number of carbonyl (C=O) groups is 2. The highest BCUT2D eigenvalue weighted by Crippen LogP contribution is 2.32. The molecule has 0 spiro atoms. The van der Waals surface area contributed by atoms with Gasteiger partial charge in [0.05, 0.1) is 30.8 Å². The van der Waals surface area contributed by atoms with Crippen LogP contribution in [-0.2, 0) is 28.8 Å². The molecular formula is C32H36N4O6S. The Bertz CT molecular complexity index is 1410. The molecule has 1 amide bonds. The van der Waals surface area contributed by atoms with Crippen LogP contribution in [0.3, 0.4) is 0 Å². The van der Waals surface area contributed by atoms with E-state index < -0.39 is 0 Å². The van der Waals surface area contributed by atoms with Crippen molar-refractivity contribution in [2.75, 3.05) is 13.2 Å².